The van der Waals surface area contributed by atoms with Crippen LogP contribution in [0.4, 0.5) is 20.9 Å². The molecule has 0 fully saturated rings. The number of nitrogens with one attached hydrogen (secondary N) is 3. The Bertz CT molecular complexity index is 963. The van der Waals surface area contributed by atoms with Crippen LogP contribution < -0.4 is 16.0 Å². The van der Waals surface area contributed by atoms with Crippen molar-refractivity contribution in [2.45, 2.75) is 13.5 Å². The van der Waals surface area contributed by atoms with Gasteiger partial charge in [0.15, 0.2) is 0 Å². The maximum absolute atomic E-state index is 13.7. The van der Waals surface area contributed by atoms with Crippen LogP contribution in [0.15, 0.2) is 43.0 Å². The molecule has 138 valence electrons. The fourth-order valence-corrected chi connectivity index (χ4v) is 2.87. The summed E-state index contributed by atoms with van der Waals surface area (Å²) < 4.78 is 17.7. The van der Waals surface area contributed by atoms with E-state index in [1.807, 2.05) is 0 Å². The number of halogens is 1. The lowest BCUT2D eigenvalue weighted by atomic mass is 10.2. The van der Waals surface area contributed by atoms with Crippen LogP contribution in [0.2, 0.25) is 0 Å². The van der Waals surface area contributed by atoms with Gasteiger partial charge in [-0.25, -0.2) is 9.37 Å². The van der Waals surface area contributed by atoms with E-state index in [-0.39, 0.29) is 24.0 Å². The molecule has 0 saturated heterocycles. The van der Waals surface area contributed by atoms with E-state index in [2.05, 4.69) is 30.3 Å². The van der Waals surface area contributed by atoms with E-state index in [1.54, 1.807) is 6.20 Å². The Morgan fingerprint density at radius 1 is 1.22 bits per heavy atom. The van der Waals surface area contributed by atoms with Gasteiger partial charge in [-0.3, -0.25) is 14.6 Å². The zero-order valence-electron chi connectivity index (χ0n) is 14.2. The van der Waals surface area contributed by atoms with Crippen molar-refractivity contribution in [1.82, 2.24) is 19.7 Å². The van der Waals surface area contributed by atoms with E-state index in [4.69, 9.17) is 0 Å². The maximum Gasteiger partial charge on any atom is 0.256 e. The third-order valence-electron chi connectivity index (χ3n) is 3.41. The summed E-state index contributed by atoms with van der Waals surface area (Å²) in [5.41, 5.74) is 1.06. The Labute approximate surface area is 158 Å². The summed E-state index contributed by atoms with van der Waals surface area (Å²) in [4.78, 5) is 31.6. The number of hydrogen-bond acceptors (Lipinski definition) is 7. The largest absolute Gasteiger partial charge is 0.348 e. The average molecular weight is 386 g/mol. The Hall–Kier alpha value is -3.40. The molecule has 8 nitrogen and oxygen atoms in total. The van der Waals surface area contributed by atoms with E-state index in [0.717, 1.165) is 11.5 Å². The number of benzene rings is 1. The minimum Gasteiger partial charge on any atom is -0.348 e. The second-order valence-electron chi connectivity index (χ2n) is 5.46. The highest BCUT2D eigenvalue weighted by Gasteiger charge is 2.15. The predicted octanol–water partition coefficient (Wildman–Crippen LogP) is 2.70. The molecule has 2 amide bonds. The van der Waals surface area contributed by atoms with Crippen LogP contribution in [0.5, 0.6) is 0 Å². The highest BCUT2D eigenvalue weighted by Crippen LogP contribution is 2.23. The van der Waals surface area contributed by atoms with Gasteiger partial charge in [0.25, 0.3) is 5.91 Å². The average Bonchev–Trinajstić information content (AvgIpc) is 3.11. The lowest BCUT2D eigenvalue weighted by Gasteiger charge is -2.09. The van der Waals surface area contributed by atoms with Gasteiger partial charge in [-0.2, -0.15) is 4.37 Å². The van der Waals surface area contributed by atoms with Crippen molar-refractivity contribution in [2.75, 3.05) is 10.6 Å². The monoisotopic (exact) mass is 386 g/mol. The van der Waals surface area contributed by atoms with Gasteiger partial charge in [0, 0.05) is 25.9 Å². The number of aromatic nitrogens is 3. The van der Waals surface area contributed by atoms with E-state index in [1.165, 1.54) is 43.7 Å². The van der Waals surface area contributed by atoms with Gasteiger partial charge >= 0.3 is 0 Å². The van der Waals surface area contributed by atoms with E-state index < -0.39 is 5.82 Å². The molecule has 0 bridgehead atoms. The summed E-state index contributed by atoms with van der Waals surface area (Å²) in [7, 11) is 0. The van der Waals surface area contributed by atoms with Crippen LogP contribution in [0, 0.1) is 5.82 Å². The van der Waals surface area contributed by atoms with E-state index in [9.17, 15) is 14.0 Å². The Morgan fingerprint density at radius 2 is 2.07 bits per heavy atom. The third kappa shape index (κ3) is 4.82. The number of hydrogen-bond donors (Lipinski definition) is 3. The summed E-state index contributed by atoms with van der Waals surface area (Å²) in [6.45, 7) is 1.45. The minimum absolute atomic E-state index is 0.0662. The fraction of sp³-hybridized carbons (Fsp3) is 0.118. The number of carbonyl (C=O) groups is 2. The molecule has 1 aromatic carbocycles. The van der Waals surface area contributed by atoms with Gasteiger partial charge in [-0.15, -0.1) is 0 Å². The summed E-state index contributed by atoms with van der Waals surface area (Å²) in [5, 5.41) is 8.68. The van der Waals surface area contributed by atoms with Crippen LogP contribution in [0.3, 0.4) is 0 Å². The first-order valence-electron chi connectivity index (χ1n) is 7.85. The first-order valence-corrected chi connectivity index (χ1v) is 8.62. The summed E-state index contributed by atoms with van der Waals surface area (Å²) in [6, 6.07) is 4.24. The molecular formula is C17H15FN6O2S. The van der Waals surface area contributed by atoms with Crippen LogP contribution in [0.1, 0.15) is 22.8 Å². The number of amides is 2. The Balaban J connectivity index is 1.67. The van der Waals surface area contributed by atoms with Crippen molar-refractivity contribution in [1.29, 1.82) is 0 Å². The molecular weight excluding hydrogens is 371 g/mol. The van der Waals surface area contributed by atoms with Crippen LogP contribution in [0.25, 0.3) is 0 Å². The van der Waals surface area contributed by atoms with E-state index >= 15 is 0 Å². The van der Waals surface area contributed by atoms with E-state index in [0.29, 0.717) is 21.9 Å². The van der Waals surface area contributed by atoms with Gasteiger partial charge < -0.3 is 16.0 Å². The summed E-state index contributed by atoms with van der Waals surface area (Å²) >= 11 is 1.12. The van der Waals surface area contributed by atoms with Crippen molar-refractivity contribution in [3.05, 3.63) is 59.9 Å². The van der Waals surface area contributed by atoms with Gasteiger partial charge in [0.1, 0.15) is 16.6 Å². The minimum atomic E-state index is -0.544. The van der Waals surface area contributed by atoms with Crippen molar-refractivity contribution < 1.29 is 14.0 Å². The van der Waals surface area contributed by atoms with Crippen LogP contribution in [-0.2, 0) is 11.3 Å². The van der Waals surface area contributed by atoms with Crippen molar-refractivity contribution >= 4 is 39.9 Å². The van der Waals surface area contributed by atoms with Gasteiger partial charge in [0.05, 0.1) is 23.6 Å². The third-order valence-corrected chi connectivity index (χ3v) is 4.13. The molecule has 0 saturated carbocycles. The SMILES string of the molecule is CC(=O)Nc1cc(CNC(=O)c2cnsc2Nc2cnccn2)ccc1F. The van der Waals surface area contributed by atoms with Crippen molar-refractivity contribution in [2.24, 2.45) is 0 Å². The topological polar surface area (TPSA) is 109 Å². The summed E-state index contributed by atoms with van der Waals surface area (Å²) in [6.07, 6.45) is 6.06. The van der Waals surface area contributed by atoms with Crippen molar-refractivity contribution in [3.63, 3.8) is 0 Å². The number of rotatable bonds is 6. The zero-order chi connectivity index (χ0) is 19.2. The lowest BCUT2D eigenvalue weighted by molar-refractivity contribution is -0.114. The highest BCUT2D eigenvalue weighted by molar-refractivity contribution is 7.10. The van der Waals surface area contributed by atoms with Gasteiger partial charge in [0.2, 0.25) is 5.91 Å². The van der Waals surface area contributed by atoms with Gasteiger partial charge in [-0.05, 0) is 29.2 Å². The first-order chi connectivity index (χ1) is 13.0. The predicted molar refractivity (Wildman–Crippen MR) is 99.3 cm³/mol. The molecule has 10 heteroatoms. The normalized spacial score (nSPS) is 10.3. The fourth-order valence-electron chi connectivity index (χ4n) is 2.22. The Kier molecular flexibility index (Phi) is 5.67. The van der Waals surface area contributed by atoms with Gasteiger partial charge in [-0.1, -0.05) is 6.07 Å². The quantitative estimate of drug-likeness (QED) is 0.601. The van der Waals surface area contributed by atoms with Crippen molar-refractivity contribution in [3.8, 4) is 0 Å². The molecule has 0 spiro atoms. The second-order valence-corrected chi connectivity index (χ2v) is 6.26. The smallest absolute Gasteiger partial charge is 0.256 e. The second kappa shape index (κ2) is 8.32. The standard InChI is InChI=1S/C17H15FN6O2S/c1-10(25)23-14-6-11(2-3-13(14)18)7-21-16(26)12-8-22-27-17(12)24-15-9-19-4-5-20-15/h2-6,8-9H,7H2,1H3,(H,20,24)(H,21,26)(H,23,25). The summed E-state index contributed by atoms with van der Waals surface area (Å²) in [5.74, 6) is -0.772. The molecule has 3 aromatic rings. The van der Waals surface area contributed by atoms with Crippen LogP contribution in [-0.4, -0.2) is 26.2 Å². The number of carbonyl (C=O) groups excluding carboxylic acids is 2. The Morgan fingerprint density at radius 3 is 2.81 bits per heavy atom. The molecule has 0 aliphatic rings. The number of nitrogens with zero attached hydrogens (tertiary/aromatic N) is 3. The molecule has 0 radical (unpaired) electrons. The molecule has 27 heavy (non-hydrogen) atoms. The molecule has 3 rings (SSSR count). The molecule has 0 unspecified atom stereocenters. The molecule has 2 aromatic heterocycles. The molecule has 0 aliphatic heterocycles. The first kappa shape index (κ1) is 18.4. The molecule has 0 atom stereocenters. The lowest BCUT2D eigenvalue weighted by Crippen LogP contribution is -2.23. The molecule has 2 heterocycles. The maximum atomic E-state index is 13.7. The van der Waals surface area contributed by atoms with Crippen LogP contribution >= 0.6 is 11.5 Å². The molecule has 3 N–H and O–H groups in total. The number of anilines is 3. The zero-order valence-corrected chi connectivity index (χ0v) is 15.0. The highest BCUT2D eigenvalue weighted by atomic mass is 32.1. The molecule has 0 aliphatic carbocycles.